The van der Waals surface area contributed by atoms with Crippen LogP contribution in [-0.2, 0) is 9.53 Å². The number of hydrogen-bond donors (Lipinski definition) is 1. The summed E-state index contributed by atoms with van der Waals surface area (Å²) in [6.45, 7) is 10.2. The first-order valence-corrected chi connectivity index (χ1v) is 13.2. The van der Waals surface area contributed by atoms with E-state index in [-0.39, 0.29) is 16.9 Å². The highest BCUT2D eigenvalue weighted by atomic mass is 32.1. The maximum atomic E-state index is 13.7. The van der Waals surface area contributed by atoms with Gasteiger partial charge in [-0.3, -0.25) is 9.59 Å². The highest BCUT2D eigenvalue weighted by Crippen LogP contribution is 2.41. The van der Waals surface area contributed by atoms with E-state index in [0.29, 0.717) is 65.8 Å². The van der Waals surface area contributed by atoms with Gasteiger partial charge in [0, 0.05) is 49.5 Å². The van der Waals surface area contributed by atoms with Crippen LogP contribution in [0.2, 0.25) is 0 Å². The Labute approximate surface area is 214 Å². The minimum Gasteiger partial charge on any atom is -0.380 e. The molecule has 11 heteroatoms. The number of carbonyl (C=O) groups is 2. The van der Waals surface area contributed by atoms with Gasteiger partial charge in [0.2, 0.25) is 6.41 Å². The van der Waals surface area contributed by atoms with Crippen LogP contribution in [0.1, 0.15) is 60.6 Å². The summed E-state index contributed by atoms with van der Waals surface area (Å²) in [5.74, 6) is 0.276. The largest absolute Gasteiger partial charge is 0.380 e. The first kappa shape index (κ1) is 26.4. The van der Waals surface area contributed by atoms with Crippen LogP contribution < -0.4 is 5.32 Å². The third kappa shape index (κ3) is 5.51. The number of thiazole rings is 1. The molecule has 1 unspecified atom stereocenters. The number of aryl methyl sites for hydroxylation is 1. The lowest BCUT2D eigenvalue weighted by Gasteiger charge is -2.54. The molecule has 3 aliphatic rings. The van der Waals surface area contributed by atoms with E-state index >= 15 is 0 Å². The summed E-state index contributed by atoms with van der Waals surface area (Å²) >= 11 is 1.15. The number of hydrogen-bond acceptors (Lipinski definition) is 7. The van der Waals surface area contributed by atoms with E-state index in [4.69, 9.17) is 4.74 Å². The van der Waals surface area contributed by atoms with Crippen molar-refractivity contribution in [3.05, 3.63) is 28.5 Å². The smallest absolute Gasteiger partial charge is 0.282 e. The van der Waals surface area contributed by atoms with Crippen molar-refractivity contribution in [1.29, 1.82) is 0 Å². The Balaban J connectivity index is 0.000000325. The van der Waals surface area contributed by atoms with Gasteiger partial charge in [-0.05, 0) is 39.2 Å². The van der Waals surface area contributed by atoms with Crippen LogP contribution in [-0.4, -0.2) is 77.5 Å². The lowest BCUT2D eigenvalue weighted by molar-refractivity contribution is -0.176. The van der Waals surface area contributed by atoms with Crippen molar-refractivity contribution < 1.29 is 23.1 Å². The van der Waals surface area contributed by atoms with E-state index in [2.05, 4.69) is 22.2 Å². The summed E-state index contributed by atoms with van der Waals surface area (Å²) in [7, 11) is 0. The number of nitrogens with zero attached hydrogens (tertiary/aromatic N) is 4. The van der Waals surface area contributed by atoms with Gasteiger partial charge in [0.15, 0.2) is 5.01 Å². The van der Waals surface area contributed by atoms with Gasteiger partial charge in [-0.15, -0.1) is 11.3 Å². The number of alkyl halides is 2. The molecule has 1 N–H and O–H groups in total. The Kier molecular flexibility index (Phi) is 8.19. The van der Waals surface area contributed by atoms with Crippen LogP contribution >= 0.6 is 11.3 Å². The fourth-order valence-corrected chi connectivity index (χ4v) is 5.72. The van der Waals surface area contributed by atoms with Gasteiger partial charge in [-0.2, -0.15) is 0 Å². The van der Waals surface area contributed by atoms with Gasteiger partial charge in [0.25, 0.3) is 12.3 Å². The average molecular weight is 522 g/mol. The predicted molar refractivity (Wildman–Crippen MR) is 134 cm³/mol. The summed E-state index contributed by atoms with van der Waals surface area (Å²) in [4.78, 5) is 35.6. The van der Waals surface area contributed by atoms with Crippen molar-refractivity contribution >= 4 is 29.5 Å². The Morgan fingerprint density at radius 2 is 2.14 bits per heavy atom. The molecule has 5 heterocycles. The maximum Gasteiger partial charge on any atom is 0.282 e. The molecule has 2 aromatic heterocycles. The standard InChI is InChI=1S/C19H22F2N4O2S.C6H11NO/c1-3-4-22-14-5-12(16(20)21)13(6-23-14)15-11(2)24-17(28-15)18(26)25-7-19(8-25)9-27-10-19;1-6-3-2-4-7(6)5-8/h5-6,16H,3-4,7-10H2,1-2H3,(H,22,23);5-6H,2-4H2,1H3. The Hall–Kier alpha value is -2.66. The fourth-order valence-electron chi connectivity index (χ4n) is 4.66. The van der Waals surface area contributed by atoms with Crippen LogP contribution in [0.3, 0.4) is 0 Å². The Bertz CT molecular complexity index is 1080. The van der Waals surface area contributed by atoms with E-state index in [9.17, 15) is 18.4 Å². The predicted octanol–water partition coefficient (Wildman–Crippen LogP) is 4.37. The third-order valence-corrected chi connectivity index (χ3v) is 8.03. The zero-order valence-corrected chi connectivity index (χ0v) is 21.7. The van der Waals surface area contributed by atoms with Gasteiger partial charge in [-0.25, -0.2) is 18.7 Å². The van der Waals surface area contributed by atoms with E-state index in [0.717, 1.165) is 30.7 Å². The monoisotopic (exact) mass is 521 g/mol. The highest BCUT2D eigenvalue weighted by molar-refractivity contribution is 7.17. The van der Waals surface area contributed by atoms with Crippen molar-refractivity contribution in [2.45, 2.75) is 52.5 Å². The average Bonchev–Trinajstić information content (AvgIpc) is 3.40. The minimum atomic E-state index is -2.64. The molecule has 0 radical (unpaired) electrons. The summed E-state index contributed by atoms with van der Waals surface area (Å²) in [5.41, 5.74) is 0.916. The number of amides is 2. The van der Waals surface area contributed by atoms with Gasteiger partial charge >= 0.3 is 0 Å². The molecule has 3 fully saturated rings. The molecule has 2 amide bonds. The molecule has 8 nitrogen and oxygen atoms in total. The normalized spacial score (nSPS) is 20.0. The number of aromatic nitrogens is 2. The molecular formula is C25H33F2N5O3S. The molecular weight excluding hydrogens is 488 g/mol. The van der Waals surface area contributed by atoms with E-state index in [1.54, 1.807) is 11.8 Å². The zero-order valence-electron chi connectivity index (χ0n) is 20.9. The summed E-state index contributed by atoms with van der Waals surface area (Å²) in [6, 6.07) is 1.87. The van der Waals surface area contributed by atoms with Crippen molar-refractivity contribution in [2.75, 3.05) is 44.7 Å². The van der Waals surface area contributed by atoms with E-state index in [1.807, 2.05) is 11.8 Å². The molecule has 5 rings (SSSR count). The van der Waals surface area contributed by atoms with Crippen LogP contribution in [0.15, 0.2) is 12.3 Å². The van der Waals surface area contributed by atoms with Gasteiger partial charge in [0.05, 0.1) is 29.2 Å². The van der Waals surface area contributed by atoms with Crippen LogP contribution in [0, 0.1) is 12.3 Å². The summed E-state index contributed by atoms with van der Waals surface area (Å²) in [5, 5.41) is 3.36. The Morgan fingerprint density at radius 1 is 1.39 bits per heavy atom. The maximum absolute atomic E-state index is 13.7. The highest BCUT2D eigenvalue weighted by Gasteiger charge is 2.51. The van der Waals surface area contributed by atoms with Crippen molar-refractivity contribution in [3.63, 3.8) is 0 Å². The van der Waals surface area contributed by atoms with E-state index in [1.165, 1.54) is 25.1 Å². The van der Waals surface area contributed by atoms with Gasteiger partial charge in [-0.1, -0.05) is 6.92 Å². The molecule has 0 saturated carbocycles. The topological polar surface area (TPSA) is 87.7 Å². The SMILES string of the molecule is CC1CCCN1C=O.CCCNc1cc(C(F)F)c(-c2sc(C(=O)N3CC4(COC4)C3)nc2C)cn1. The number of rotatable bonds is 7. The van der Waals surface area contributed by atoms with Crippen molar-refractivity contribution in [2.24, 2.45) is 5.41 Å². The van der Waals surface area contributed by atoms with E-state index < -0.39 is 6.43 Å². The molecule has 2 aromatic rings. The summed E-state index contributed by atoms with van der Waals surface area (Å²) < 4.78 is 32.6. The van der Waals surface area contributed by atoms with Gasteiger partial charge in [0.1, 0.15) is 5.82 Å². The minimum absolute atomic E-state index is 0.103. The lowest BCUT2D eigenvalue weighted by Crippen LogP contribution is -2.67. The molecule has 36 heavy (non-hydrogen) atoms. The first-order chi connectivity index (χ1) is 17.3. The van der Waals surface area contributed by atoms with Crippen molar-refractivity contribution in [3.8, 4) is 10.4 Å². The Morgan fingerprint density at radius 3 is 2.67 bits per heavy atom. The molecule has 0 aromatic carbocycles. The van der Waals surface area contributed by atoms with Crippen LogP contribution in [0.25, 0.3) is 10.4 Å². The fraction of sp³-hybridized carbons (Fsp3) is 0.600. The molecule has 3 saturated heterocycles. The number of carbonyl (C=O) groups excluding carboxylic acids is 2. The molecule has 1 atom stereocenters. The zero-order chi connectivity index (χ0) is 25.9. The molecule has 0 aliphatic carbocycles. The second-order valence-electron chi connectivity index (χ2n) is 9.81. The van der Waals surface area contributed by atoms with Crippen molar-refractivity contribution in [1.82, 2.24) is 19.8 Å². The number of nitrogens with one attached hydrogen (secondary N) is 1. The number of anilines is 1. The molecule has 196 valence electrons. The molecule has 0 bridgehead atoms. The lowest BCUT2D eigenvalue weighted by atomic mass is 9.78. The second kappa shape index (κ2) is 11.2. The quantitative estimate of drug-likeness (QED) is 0.545. The number of ether oxygens (including phenoxy) is 1. The number of halogens is 2. The van der Waals surface area contributed by atoms with Crippen LogP contribution in [0.5, 0.6) is 0 Å². The second-order valence-corrected chi connectivity index (χ2v) is 10.8. The third-order valence-electron chi connectivity index (χ3n) is 6.85. The van der Waals surface area contributed by atoms with Gasteiger partial charge < -0.3 is 19.9 Å². The number of pyridine rings is 1. The molecule has 1 spiro atoms. The van der Waals surface area contributed by atoms with Crippen LogP contribution in [0.4, 0.5) is 14.6 Å². The summed E-state index contributed by atoms with van der Waals surface area (Å²) in [6.07, 6.45) is 2.97. The first-order valence-electron chi connectivity index (χ1n) is 12.3. The number of likely N-dealkylation sites (tertiary alicyclic amines) is 2. The molecule has 3 aliphatic heterocycles.